The van der Waals surface area contributed by atoms with Crippen LogP contribution < -0.4 is 39.1 Å². The molecule has 22 heteroatoms. The SMILES string of the molecule is CC(C)c1ccc(Oc2cc3c4c(cc(Oc5ccc(C(C)C)cc5)c5c6c(Oc7ccc(C(C)C)cc7)cc7c8c(cc(Oc9ccc(C(C)C)cc9)c(c2c45)c86)C(=O)N(C(C(=O)Nc2cc(OCC4CO4)ccn2)c2ccc4c(c2)oc2ccccc24)C7=O)C(=O)N(C(C(=O)Nc2cc(OCC4CO4)ccn2)c2ccc4c(c2)oc2ccccc24)C3=O)cc1. The maximum Gasteiger partial charge on any atom is 0.262 e. The van der Waals surface area contributed by atoms with E-state index >= 15 is 28.8 Å². The van der Waals surface area contributed by atoms with E-state index in [0.29, 0.717) is 70.0 Å². The second kappa shape index (κ2) is 31.1. The summed E-state index contributed by atoms with van der Waals surface area (Å²) in [6.07, 6.45) is 2.79. The molecule has 2 N–H and O–H groups in total. The minimum absolute atomic E-state index is 0.0280. The molecule has 4 aliphatic heterocycles. The number of furan rings is 2. The van der Waals surface area contributed by atoms with Crippen LogP contribution in [0.25, 0.3) is 87.0 Å². The number of ether oxygens (including phenoxy) is 8. The van der Waals surface area contributed by atoms with Crippen LogP contribution in [0.15, 0.2) is 252 Å². The second-order valence-corrected chi connectivity index (χ2v) is 33.7. The molecule has 4 unspecified atom stereocenters. The molecular formula is C104H82N6O16. The Labute approximate surface area is 721 Å². The molecular weight excluding hydrogens is 1590 g/mol. The highest BCUT2D eigenvalue weighted by atomic mass is 16.6. The molecule has 21 rings (SSSR count). The molecule has 624 valence electrons. The number of anilines is 2. The summed E-state index contributed by atoms with van der Waals surface area (Å²) in [6, 6.07) is 64.8. The van der Waals surface area contributed by atoms with E-state index in [4.69, 9.17) is 46.7 Å². The van der Waals surface area contributed by atoms with Crippen molar-refractivity contribution in [2.75, 3.05) is 37.1 Å². The fraction of sp³-hybridized carbons (Fsp3) is 0.192. The van der Waals surface area contributed by atoms with E-state index in [1.165, 1.54) is 12.4 Å². The summed E-state index contributed by atoms with van der Waals surface area (Å²) < 4.78 is 66.0. The second-order valence-electron chi connectivity index (χ2n) is 33.7. The zero-order valence-electron chi connectivity index (χ0n) is 69.9. The summed E-state index contributed by atoms with van der Waals surface area (Å²) in [5, 5.41) is 10.6. The summed E-state index contributed by atoms with van der Waals surface area (Å²) >= 11 is 0. The number of hydrogen-bond acceptors (Lipinski definition) is 18. The van der Waals surface area contributed by atoms with Gasteiger partial charge in [0.2, 0.25) is 0 Å². The predicted octanol–water partition coefficient (Wildman–Crippen LogP) is 23.5. The van der Waals surface area contributed by atoms with E-state index in [9.17, 15) is 0 Å². The Hall–Kier alpha value is -15.0. The molecule has 126 heavy (non-hydrogen) atoms. The smallest absolute Gasteiger partial charge is 0.262 e. The number of hydrogen-bond donors (Lipinski definition) is 2. The number of amides is 6. The van der Waals surface area contributed by atoms with Gasteiger partial charge in [-0.25, -0.2) is 9.97 Å². The molecule has 0 saturated carbocycles. The van der Waals surface area contributed by atoms with Gasteiger partial charge >= 0.3 is 0 Å². The first kappa shape index (κ1) is 78.3. The summed E-state index contributed by atoms with van der Waals surface area (Å²) in [5.74, 6) is -2.60. The minimum Gasteiger partial charge on any atom is -0.491 e. The van der Waals surface area contributed by atoms with Crippen LogP contribution >= 0.6 is 0 Å². The monoisotopic (exact) mass is 1670 g/mol. The quantitative estimate of drug-likeness (QED) is 0.0221. The van der Waals surface area contributed by atoms with Crippen molar-refractivity contribution in [2.45, 2.75) is 103 Å². The van der Waals surface area contributed by atoms with Crippen molar-refractivity contribution < 1.29 is 75.5 Å². The zero-order valence-corrected chi connectivity index (χ0v) is 69.9. The molecule has 6 amide bonds. The zero-order chi connectivity index (χ0) is 86.2. The van der Waals surface area contributed by atoms with Gasteiger partial charge in [0, 0.05) is 89.2 Å². The fourth-order valence-electron chi connectivity index (χ4n) is 17.4. The number of nitrogens with one attached hydrogen (secondary N) is 2. The summed E-state index contributed by atoms with van der Waals surface area (Å²) in [6.45, 7) is 18.2. The summed E-state index contributed by atoms with van der Waals surface area (Å²) in [4.78, 5) is 112. The lowest BCUT2D eigenvalue weighted by molar-refractivity contribution is -0.120. The average Bonchev–Trinajstić information content (AvgIpc) is 0.945. The highest BCUT2D eigenvalue weighted by molar-refractivity contribution is 6.45. The molecule has 17 aromatic rings. The van der Waals surface area contributed by atoms with Crippen molar-refractivity contribution in [1.29, 1.82) is 0 Å². The Morgan fingerprint density at radius 1 is 0.341 bits per heavy atom. The van der Waals surface area contributed by atoms with Gasteiger partial charge < -0.3 is 57.4 Å². The van der Waals surface area contributed by atoms with Gasteiger partial charge in [0.1, 0.15) is 129 Å². The molecule has 0 radical (unpaired) electrons. The van der Waals surface area contributed by atoms with Gasteiger partial charge in [-0.15, -0.1) is 0 Å². The highest BCUT2D eigenvalue weighted by Gasteiger charge is 2.48. The van der Waals surface area contributed by atoms with E-state index in [1.807, 2.05) is 146 Å². The van der Waals surface area contributed by atoms with Crippen molar-refractivity contribution in [2.24, 2.45) is 0 Å². The van der Waals surface area contributed by atoms with E-state index in [1.54, 1.807) is 84.9 Å². The lowest BCUT2D eigenvalue weighted by Gasteiger charge is -2.36. The Bertz CT molecular complexity index is 6680. The Morgan fingerprint density at radius 3 is 0.937 bits per heavy atom. The van der Waals surface area contributed by atoms with E-state index in [2.05, 4.69) is 76.0 Å². The van der Waals surface area contributed by atoms with Crippen molar-refractivity contribution in [3.63, 3.8) is 0 Å². The number of rotatable bonds is 26. The topological polar surface area (TPSA) is 265 Å². The lowest BCUT2D eigenvalue weighted by atomic mass is 9.80. The number of aromatic nitrogens is 2. The molecule has 0 aliphatic carbocycles. The van der Waals surface area contributed by atoms with Crippen LogP contribution in [0.2, 0.25) is 0 Å². The van der Waals surface area contributed by atoms with Crippen LogP contribution in [0.5, 0.6) is 57.5 Å². The van der Waals surface area contributed by atoms with Crippen LogP contribution in [0.3, 0.4) is 0 Å². The number of fused-ring (bicyclic) bond motifs is 8. The van der Waals surface area contributed by atoms with Crippen molar-refractivity contribution in [3.8, 4) is 57.5 Å². The fourth-order valence-corrected chi connectivity index (χ4v) is 17.4. The molecule has 4 aliphatic rings. The molecule has 13 aromatic carbocycles. The van der Waals surface area contributed by atoms with Crippen LogP contribution in [-0.4, -0.2) is 93.8 Å². The summed E-state index contributed by atoms with van der Waals surface area (Å²) in [7, 11) is 0. The first-order valence-electron chi connectivity index (χ1n) is 42.3. The first-order chi connectivity index (χ1) is 61.2. The van der Waals surface area contributed by atoms with Crippen LogP contribution in [-0.2, 0) is 19.1 Å². The van der Waals surface area contributed by atoms with Crippen LogP contribution in [0, 0.1) is 0 Å². The van der Waals surface area contributed by atoms with Gasteiger partial charge in [0.15, 0.2) is 0 Å². The first-order valence-corrected chi connectivity index (χ1v) is 42.3. The molecule has 4 aromatic heterocycles. The Morgan fingerprint density at radius 2 is 0.635 bits per heavy atom. The van der Waals surface area contributed by atoms with Crippen molar-refractivity contribution >= 4 is 134 Å². The Kier molecular flexibility index (Phi) is 19.3. The largest absolute Gasteiger partial charge is 0.491 e. The third-order valence-corrected chi connectivity index (χ3v) is 24.2. The number of para-hydroxylation sites is 2. The van der Waals surface area contributed by atoms with Gasteiger partial charge in [0.05, 0.1) is 35.5 Å². The van der Waals surface area contributed by atoms with Gasteiger partial charge in [0.25, 0.3) is 35.4 Å². The molecule has 2 fully saturated rings. The lowest BCUT2D eigenvalue weighted by Crippen LogP contribution is -2.47. The van der Waals surface area contributed by atoms with Crippen molar-refractivity contribution in [1.82, 2.24) is 19.8 Å². The van der Waals surface area contributed by atoms with Gasteiger partial charge in [-0.3, -0.25) is 38.6 Å². The normalized spacial score (nSPS) is 15.4. The van der Waals surface area contributed by atoms with Gasteiger partial charge in [-0.2, -0.15) is 0 Å². The van der Waals surface area contributed by atoms with Crippen LogP contribution in [0.4, 0.5) is 11.6 Å². The van der Waals surface area contributed by atoms with E-state index < -0.39 is 47.5 Å². The van der Waals surface area contributed by atoms with Gasteiger partial charge in [-0.05, 0) is 166 Å². The molecule has 4 atom stereocenters. The number of imide groups is 2. The molecule has 0 spiro atoms. The number of carbonyl (C=O) groups is 6. The third kappa shape index (κ3) is 14.0. The number of epoxide rings is 2. The number of pyridine rings is 2. The third-order valence-electron chi connectivity index (χ3n) is 24.2. The van der Waals surface area contributed by atoms with Gasteiger partial charge in [-0.1, -0.05) is 165 Å². The van der Waals surface area contributed by atoms with E-state index in [-0.39, 0.29) is 160 Å². The molecule has 22 nitrogen and oxygen atoms in total. The molecule has 8 heterocycles. The molecule has 0 bridgehead atoms. The maximum atomic E-state index is 17.2. The number of benzene rings is 13. The number of nitrogens with zero attached hydrogens (tertiary/aromatic N) is 4. The average molecular weight is 1670 g/mol. The number of carbonyl (C=O) groups excluding carboxylic acids is 6. The standard InChI is InChI=1S/C104H82N6O16/c1-53(2)57-17-27-63(28-18-57)121-83-45-75-89-76(102(114)109(101(75)113)97(61-25-35-73-71-13-9-11-15-79(71)125-81(73)41-61)99(111)107-87-43-67(37-39-105-87)117-49-69-51-119-69)47-85(123-65-31-21-59(22-32-65)55(5)6)93-94-86(124-66-33-23-60(24-34-66)56(7)8)48-78-90-77(46-84(92(96(90)94)91(83)95(89)93)122-64-29-19-58(20-30-64)54(3)4)103(115)110(104(78)116)98(62-26-36-74-72-14-10-12-16-80(72)126-82(74)42-62)100(112)108-88-44-68(38-40-106-88)118-50-70-52-120-70/h9-48,53-56,69-70,97-98H,49-52H2,1-8H3,(H,105,107,111)(H,106,108,112). The molecule has 2 saturated heterocycles. The Balaban J connectivity index is 0.854. The predicted molar refractivity (Wildman–Crippen MR) is 480 cm³/mol. The van der Waals surface area contributed by atoms with E-state index in [0.717, 1.165) is 53.6 Å². The van der Waals surface area contributed by atoms with Crippen molar-refractivity contribution in [3.05, 3.63) is 299 Å². The van der Waals surface area contributed by atoms with Crippen LogP contribution in [0.1, 0.15) is 166 Å². The highest BCUT2D eigenvalue weighted by Crippen LogP contribution is 2.59. The maximum absolute atomic E-state index is 17.2. The summed E-state index contributed by atoms with van der Waals surface area (Å²) in [5.41, 5.74) is 5.97. The minimum atomic E-state index is -1.77.